The summed E-state index contributed by atoms with van der Waals surface area (Å²) >= 11 is 0. The van der Waals surface area contributed by atoms with Gasteiger partial charge in [0, 0.05) is 0 Å². The highest BCUT2D eigenvalue weighted by atomic mass is 19.1. The van der Waals surface area contributed by atoms with Crippen LogP contribution >= 0.6 is 0 Å². The molecule has 0 bridgehead atoms. The maximum absolute atomic E-state index is 13.0. The summed E-state index contributed by atoms with van der Waals surface area (Å²) in [6.45, 7) is 3.77. The smallest absolute Gasteiger partial charge is 0.165 e. The van der Waals surface area contributed by atoms with Gasteiger partial charge in [-0.25, -0.2) is 4.39 Å². The molecule has 0 amide bonds. The quantitative estimate of drug-likeness (QED) is 0.649. The van der Waals surface area contributed by atoms with Crippen molar-refractivity contribution in [1.29, 1.82) is 0 Å². The lowest BCUT2D eigenvalue weighted by atomic mass is 10.3. The Kier molecular flexibility index (Phi) is 3.50. The molecule has 0 fully saturated rings. The highest BCUT2D eigenvalue weighted by Crippen LogP contribution is 2.17. The molecule has 1 nitrogen and oxygen atoms in total. The van der Waals surface area contributed by atoms with Gasteiger partial charge in [0.05, 0.1) is 0 Å². The zero-order valence-electron chi connectivity index (χ0n) is 7.83. The van der Waals surface area contributed by atoms with E-state index in [1.54, 1.807) is 18.2 Å². The SMILES string of the molecule is C/C=C/C(C)Oc1ccccc1F. The molecule has 2 heteroatoms. The fraction of sp³-hybridized carbons (Fsp3) is 0.273. The van der Waals surface area contributed by atoms with E-state index in [1.807, 2.05) is 26.0 Å². The van der Waals surface area contributed by atoms with Gasteiger partial charge >= 0.3 is 0 Å². The van der Waals surface area contributed by atoms with Gasteiger partial charge in [-0.1, -0.05) is 18.2 Å². The van der Waals surface area contributed by atoms with Crippen LogP contribution < -0.4 is 4.74 Å². The summed E-state index contributed by atoms with van der Waals surface area (Å²) in [7, 11) is 0. The minimum absolute atomic E-state index is 0.0955. The molecule has 1 aromatic carbocycles. The standard InChI is InChI=1S/C11H13FO/c1-3-6-9(2)13-11-8-5-4-7-10(11)12/h3-9H,1-2H3/b6-3+. The number of halogens is 1. The second kappa shape index (κ2) is 4.65. The molecule has 0 saturated carbocycles. The predicted octanol–water partition coefficient (Wildman–Crippen LogP) is 3.17. The van der Waals surface area contributed by atoms with Crippen molar-refractivity contribution in [2.24, 2.45) is 0 Å². The summed E-state index contributed by atoms with van der Waals surface area (Å²) in [6.07, 6.45) is 3.65. The molecule has 1 aromatic rings. The lowest BCUT2D eigenvalue weighted by Crippen LogP contribution is -2.08. The minimum atomic E-state index is -0.321. The second-order valence-electron chi connectivity index (χ2n) is 2.78. The second-order valence-corrected chi connectivity index (χ2v) is 2.78. The van der Waals surface area contributed by atoms with Crippen LogP contribution in [0.5, 0.6) is 5.75 Å². The molecule has 0 N–H and O–H groups in total. The fourth-order valence-corrected chi connectivity index (χ4v) is 1.05. The molecule has 0 aliphatic heterocycles. The van der Waals surface area contributed by atoms with Gasteiger partial charge in [0.1, 0.15) is 6.10 Å². The van der Waals surface area contributed by atoms with E-state index in [9.17, 15) is 4.39 Å². The van der Waals surface area contributed by atoms with Crippen molar-refractivity contribution in [3.8, 4) is 5.75 Å². The molecule has 0 spiro atoms. The first-order valence-corrected chi connectivity index (χ1v) is 4.28. The maximum atomic E-state index is 13.0. The largest absolute Gasteiger partial charge is 0.484 e. The summed E-state index contributed by atoms with van der Waals surface area (Å²) in [6, 6.07) is 6.40. The third-order valence-corrected chi connectivity index (χ3v) is 1.61. The molecule has 0 saturated heterocycles. The fourth-order valence-electron chi connectivity index (χ4n) is 1.05. The molecule has 0 aromatic heterocycles. The van der Waals surface area contributed by atoms with Gasteiger partial charge in [-0.2, -0.15) is 0 Å². The van der Waals surface area contributed by atoms with E-state index in [0.29, 0.717) is 5.75 Å². The summed E-state index contributed by atoms with van der Waals surface area (Å²) in [5.74, 6) is -0.0213. The third kappa shape index (κ3) is 2.90. The van der Waals surface area contributed by atoms with Crippen LogP contribution in [0, 0.1) is 5.82 Å². The lowest BCUT2D eigenvalue weighted by Gasteiger charge is -2.10. The van der Waals surface area contributed by atoms with Crippen molar-refractivity contribution >= 4 is 0 Å². The Bertz CT molecular complexity index is 294. The van der Waals surface area contributed by atoms with Crippen LogP contribution in [0.15, 0.2) is 36.4 Å². The normalized spacial score (nSPS) is 13.2. The molecule has 1 rings (SSSR count). The van der Waals surface area contributed by atoms with Gasteiger partial charge in [-0.3, -0.25) is 0 Å². The van der Waals surface area contributed by atoms with E-state index in [0.717, 1.165) is 0 Å². The first-order valence-electron chi connectivity index (χ1n) is 4.28. The Morgan fingerprint density at radius 3 is 2.69 bits per heavy atom. The summed E-state index contributed by atoms with van der Waals surface area (Å²) in [4.78, 5) is 0. The summed E-state index contributed by atoms with van der Waals surface area (Å²) < 4.78 is 18.4. The van der Waals surface area contributed by atoms with Crippen molar-refractivity contribution in [1.82, 2.24) is 0 Å². The summed E-state index contributed by atoms with van der Waals surface area (Å²) in [5, 5.41) is 0. The minimum Gasteiger partial charge on any atom is -0.484 e. The van der Waals surface area contributed by atoms with Crippen molar-refractivity contribution in [2.45, 2.75) is 20.0 Å². The van der Waals surface area contributed by atoms with Crippen LogP contribution in [0.1, 0.15) is 13.8 Å². The zero-order chi connectivity index (χ0) is 9.68. The van der Waals surface area contributed by atoms with Crippen molar-refractivity contribution in [2.75, 3.05) is 0 Å². The first kappa shape index (κ1) is 9.78. The summed E-state index contributed by atoms with van der Waals surface area (Å²) in [5.41, 5.74) is 0. The molecule has 0 radical (unpaired) electrons. The number of rotatable bonds is 3. The van der Waals surface area contributed by atoms with Crippen molar-refractivity contribution < 1.29 is 9.13 Å². The number of hydrogen-bond acceptors (Lipinski definition) is 1. The lowest BCUT2D eigenvalue weighted by molar-refractivity contribution is 0.256. The van der Waals surface area contributed by atoms with Crippen molar-refractivity contribution in [3.05, 3.63) is 42.2 Å². The van der Waals surface area contributed by atoms with Crippen LogP contribution in [-0.4, -0.2) is 6.10 Å². The number of allylic oxidation sites excluding steroid dienone is 1. The number of benzene rings is 1. The van der Waals surface area contributed by atoms with Gasteiger partial charge < -0.3 is 4.74 Å². The van der Waals surface area contributed by atoms with E-state index < -0.39 is 0 Å². The van der Waals surface area contributed by atoms with Gasteiger partial charge in [-0.15, -0.1) is 0 Å². The van der Waals surface area contributed by atoms with E-state index in [4.69, 9.17) is 4.74 Å². The molecule has 13 heavy (non-hydrogen) atoms. The van der Waals surface area contributed by atoms with Gasteiger partial charge in [0.2, 0.25) is 0 Å². The molecule has 0 aliphatic rings. The average molecular weight is 180 g/mol. The third-order valence-electron chi connectivity index (χ3n) is 1.61. The molecule has 1 atom stereocenters. The van der Waals surface area contributed by atoms with Gasteiger partial charge in [-0.05, 0) is 32.1 Å². The maximum Gasteiger partial charge on any atom is 0.165 e. The van der Waals surface area contributed by atoms with Gasteiger partial charge in [0.25, 0.3) is 0 Å². The Hall–Kier alpha value is -1.31. The predicted molar refractivity (Wildman–Crippen MR) is 51.3 cm³/mol. The highest BCUT2D eigenvalue weighted by Gasteiger charge is 2.03. The van der Waals surface area contributed by atoms with Crippen molar-refractivity contribution in [3.63, 3.8) is 0 Å². The average Bonchev–Trinajstić information content (AvgIpc) is 2.09. The molecule has 70 valence electrons. The zero-order valence-corrected chi connectivity index (χ0v) is 7.83. The topological polar surface area (TPSA) is 9.23 Å². The van der Waals surface area contributed by atoms with Crippen LogP contribution in [-0.2, 0) is 0 Å². The van der Waals surface area contributed by atoms with Crippen LogP contribution in [0.4, 0.5) is 4.39 Å². The Balaban J connectivity index is 2.68. The Labute approximate surface area is 77.8 Å². The van der Waals surface area contributed by atoms with Crippen LogP contribution in [0.25, 0.3) is 0 Å². The number of ether oxygens (including phenoxy) is 1. The molecule has 0 heterocycles. The van der Waals surface area contributed by atoms with Gasteiger partial charge in [0.15, 0.2) is 11.6 Å². The highest BCUT2D eigenvalue weighted by molar-refractivity contribution is 5.24. The molecular weight excluding hydrogens is 167 g/mol. The molecule has 0 aliphatic carbocycles. The van der Waals surface area contributed by atoms with E-state index in [-0.39, 0.29) is 11.9 Å². The van der Waals surface area contributed by atoms with E-state index in [1.165, 1.54) is 6.07 Å². The van der Waals surface area contributed by atoms with E-state index >= 15 is 0 Å². The first-order chi connectivity index (χ1) is 6.24. The van der Waals surface area contributed by atoms with E-state index in [2.05, 4.69) is 0 Å². The monoisotopic (exact) mass is 180 g/mol. The number of para-hydroxylation sites is 1. The van der Waals surface area contributed by atoms with Crippen LogP contribution in [0.2, 0.25) is 0 Å². The molecule has 1 unspecified atom stereocenters. The Morgan fingerprint density at radius 1 is 1.38 bits per heavy atom. The molecular formula is C11H13FO. The van der Waals surface area contributed by atoms with Crippen LogP contribution in [0.3, 0.4) is 0 Å². The Morgan fingerprint density at radius 2 is 2.08 bits per heavy atom. The number of hydrogen-bond donors (Lipinski definition) is 0.